The molecule has 1 N–H and O–H groups in total. The lowest BCUT2D eigenvalue weighted by Gasteiger charge is -2.13. The normalized spacial score (nSPS) is 11.2. The first kappa shape index (κ1) is 12.7. The van der Waals surface area contributed by atoms with Crippen LogP contribution in [-0.4, -0.2) is 24.0 Å². The highest BCUT2D eigenvalue weighted by Gasteiger charge is 2.05. The molecule has 0 radical (unpaired) electrons. The minimum absolute atomic E-state index is 0.919. The third-order valence-corrected chi connectivity index (χ3v) is 4.11. The average molecular weight is 267 g/mol. The molecule has 0 bridgehead atoms. The molecule has 2 heterocycles. The summed E-state index contributed by atoms with van der Waals surface area (Å²) in [6, 6.07) is 4.42. The molecule has 0 spiro atoms. The van der Waals surface area contributed by atoms with Gasteiger partial charge in [0.1, 0.15) is 0 Å². The number of hydrogen-bond acceptors (Lipinski definition) is 5. The van der Waals surface area contributed by atoms with Gasteiger partial charge < -0.3 is 5.32 Å². The maximum absolute atomic E-state index is 4.30. The zero-order valence-electron chi connectivity index (χ0n) is 10.1. The number of rotatable bonds is 6. The SMILES string of the molecule is CNCc1ccc(CN(C)Cc2cscn2)s1. The number of aromatic nitrogens is 1. The summed E-state index contributed by atoms with van der Waals surface area (Å²) in [4.78, 5) is 9.40. The molecule has 0 saturated heterocycles. The van der Waals surface area contributed by atoms with Crippen molar-refractivity contribution in [1.29, 1.82) is 0 Å². The maximum Gasteiger partial charge on any atom is 0.0795 e. The number of nitrogens with one attached hydrogen (secondary N) is 1. The lowest BCUT2D eigenvalue weighted by Crippen LogP contribution is -2.16. The molecule has 2 aromatic heterocycles. The Balaban J connectivity index is 1.86. The zero-order valence-corrected chi connectivity index (χ0v) is 11.8. The van der Waals surface area contributed by atoms with E-state index in [0.29, 0.717) is 0 Å². The van der Waals surface area contributed by atoms with Gasteiger partial charge in [0.2, 0.25) is 0 Å². The van der Waals surface area contributed by atoms with E-state index in [1.807, 2.05) is 23.9 Å². The fraction of sp³-hybridized carbons (Fsp3) is 0.417. The molecule has 0 fully saturated rings. The van der Waals surface area contributed by atoms with Gasteiger partial charge in [0.15, 0.2) is 0 Å². The first-order valence-electron chi connectivity index (χ1n) is 5.55. The van der Waals surface area contributed by atoms with Crippen molar-refractivity contribution in [2.24, 2.45) is 0 Å². The Morgan fingerprint density at radius 2 is 2.12 bits per heavy atom. The first-order chi connectivity index (χ1) is 8.28. The Bertz CT molecular complexity index is 436. The van der Waals surface area contributed by atoms with E-state index in [4.69, 9.17) is 0 Å². The Morgan fingerprint density at radius 1 is 1.29 bits per heavy atom. The lowest BCUT2D eigenvalue weighted by molar-refractivity contribution is 0.318. The minimum atomic E-state index is 0.919. The van der Waals surface area contributed by atoms with Crippen LogP contribution >= 0.6 is 22.7 Å². The minimum Gasteiger partial charge on any atom is -0.315 e. The Labute approximate surface area is 110 Å². The van der Waals surface area contributed by atoms with Crippen molar-refractivity contribution >= 4 is 22.7 Å². The third-order valence-electron chi connectivity index (χ3n) is 2.41. The van der Waals surface area contributed by atoms with Crippen molar-refractivity contribution in [3.05, 3.63) is 38.5 Å². The molecule has 0 aromatic carbocycles. The number of hydrogen-bond donors (Lipinski definition) is 1. The van der Waals surface area contributed by atoms with Crippen LogP contribution < -0.4 is 5.32 Å². The van der Waals surface area contributed by atoms with E-state index in [1.165, 1.54) is 9.75 Å². The van der Waals surface area contributed by atoms with Crippen LogP contribution in [0.15, 0.2) is 23.0 Å². The molecular weight excluding hydrogens is 250 g/mol. The molecule has 3 nitrogen and oxygen atoms in total. The van der Waals surface area contributed by atoms with Crippen LogP contribution in [0, 0.1) is 0 Å². The summed E-state index contributed by atoms with van der Waals surface area (Å²) >= 11 is 3.53. The van der Waals surface area contributed by atoms with Gasteiger partial charge in [-0.05, 0) is 26.2 Å². The highest BCUT2D eigenvalue weighted by atomic mass is 32.1. The van der Waals surface area contributed by atoms with E-state index < -0.39 is 0 Å². The quantitative estimate of drug-likeness (QED) is 0.872. The van der Waals surface area contributed by atoms with Crippen LogP contribution in [0.4, 0.5) is 0 Å². The van der Waals surface area contributed by atoms with Gasteiger partial charge >= 0.3 is 0 Å². The summed E-state index contributed by atoms with van der Waals surface area (Å²) in [5, 5.41) is 5.28. The van der Waals surface area contributed by atoms with E-state index in [-0.39, 0.29) is 0 Å². The molecular formula is C12H17N3S2. The maximum atomic E-state index is 4.30. The van der Waals surface area contributed by atoms with Crippen molar-refractivity contribution in [1.82, 2.24) is 15.2 Å². The molecule has 92 valence electrons. The fourth-order valence-electron chi connectivity index (χ4n) is 1.69. The van der Waals surface area contributed by atoms with E-state index in [1.54, 1.807) is 11.3 Å². The largest absolute Gasteiger partial charge is 0.315 e. The summed E-state index contributed by atoms with van der Waals surface area (Å²) in [5.74, 6) is 0. The molecule has 0 unspecified atom stereocenters. The lowest BCUT2D eigenvalue weighted by atomic mass is 10.4. The van der Waals surface area contributed by atoms with Gasteiger partial charge in [-0.25, -0.2) is 4.98 Å². The molecule has 2 aromatic rings. The second-order valence-corrected chi connectivity index (χ2v) is 6.02. The van der Waals surface area contributed by atoms with E-state index in [0.717, 1.165) is 25.3 Å². The monoisotopic (exact) mass is 267 g/mol. The Hall–Kier alpha value is -0.750. The molecule has 0 aliphatic heterocycles. The molecule has 0 saturated carbocycles. The summed E-state index contributed by atoms with van der Waals surface area (Å²) in [6.45, 7) is 2.87. The Morgan fingerprint density at radius 3 is 2.82 bits per heavy atom. The van der Waals surface area contributed by atoms with Crippen LogP contribution in [0.5, 0.6) is 0 Å². The van der Waals surface area contributed by atoms with Crippen LogP contribution in [0.2, 0.25) is 0 Å². The summed E-state index contributed by atoms with van der Waals surface area (Å²) in [6.07, 6.45) is 0. The van der Waals surface area contributed by atoms with E-state index in [9.17, 15) is 0 Å². The van der Waals surface area contributed by atoms with Gasteiger partial charge in [-0.3, -0.25) is 4.90 Å². The van der Waals surface area contributed by atoms with Crippen LogP contribution in [0.1, 0.15) is 15.4 Å². The summed E-state index contributed by atoms with van der Waals surface area (Å²) < 4.78 is 0. The fourth-order valence-corrected chi connectivity index (χ4v) is 3.35. The van der Waals surface area contributed by atoms with Gasteiger partial charge in [0.05, 0.1) is 11.2 Å². The number of nitrogens with zero attached hydrogens (tertiary/aromatic N) is 2. The summed E-state index contributed by atoms with van der Waals surface area (Å²) in [5.41, 5.74) is 3.05. The van der Waals surface area contributed by atoms with Crippen molar-refractivity contribution in [3.8, 4) is 0 Å². The van der Waals surface area contributed by atoms with Crippen LogP contribution in [0.25, 0.3) is 0 Å². The van der Waals surface area contributed by atoms with Gasteiger partial charge in [-0.2, -0.15) is 0 Å². The zero-order chi connectivity index (χ0) is 12.1. The van der Waals surface area contributed by atoms with E-state index >= 15 is 0 Å². The smallest absolute Gasteiger partial charge is 0.0795 e. The van der Waals surface area contributed by atoms with Gasteiger partial charge in [-0.15, -0.1) is 22.7 Å². The molecule has 0 atom stereocenters. The number of thiophene rings is 1. The van der Waals surface area contributed by atoms with Crippen LogP contribution in [0.3, 0.4) is 0 Å². The molecule has 2 rings (SSSR count). The highest BCUT2D eigenvalue weighted by molar-refractivity contribution is 7.11. The topological polar surface area (TPSA) is 28.2 Å². The standard InChI is InChI=1S/C12H17N3S2/c1-13-5-11-3-4-12(17-11)7-15(2)6-10-8-16-9-14-10/h3-4,8-9,13H,5-7H2,1-2H3. The van der Waals surface area contributed by atoms with Gasteiger partial charge in [0, 0.05) is 34.8 Å². The van der Waals surface area contributed by atoms with Crippen LogP contribution in [-0.2, 0) is 19.6 Å². The van der Waals surface area contributed by atoms with E-state index in [2.05, 4.69) is 39.8 Å². The second-order valence-electron chi connectivity index (χ2n) is 4.05. The van der Waals surface area contributed by atoms with Gasteiger partial charge in [0.25, 0.3) is 0 Å². The Kier molecular flexibility index (Phi) is 4.67. The van der Waals surface area contributed by atoms with Crippen molar-refractivity contribution in [2.75, 3.05) is 14.1 Å². The molecule has 0 aliphatic carbocycles. The highest BCUT2D eigenvalue weighted by Crippen LogP contribution is 2.18. The second kappa shape index (κ2) is 6.26. The van der Waals surface area contributed by atoms with Crippen molar-refractivity contribution in [3.63, 3.8) is 0 Å². The predicted octanol–water partition coefficient (Wildman–Crippen LogP) is 2.56. The summed E-state index contributed by atoms with van der Waals surface area (Å²) in [7, 11) is 4.12. The van der Waals surface area contributed by atoms with Crippen molar-refractivity contribution in [2.45, 2.75) is 19.6 Å². The first-order valence-corrected chi connectivity index (χ1v) is 7.31. The molecule has 0 amide bonds. The number of thiazole rings is 1. The molecule has 5 heteroatoms. The van der Waals surface area contributed by atoms with Crippen molar-refractivity contribution < 1.29 is 0 Å². The molecule has 17 heavy (non-hydrogen) atoms. The average Bonchev–Trinajstić information content (AvgIpc) is 2.91. The predicted molar refractivity (Wildman–Crippen MR) is 74.4 cm³/mol. The third kappa shape index (κ3) is 3.89. The van der Waals surface area contributed by atoms with Gasteiger partial charge in [-0.1, -0.05) is 0 Å². The molecule has 0 aliphatic rings.